The summed E-state index contributed by atoms with van der Waals surface area (Å²) in [7, 11) is 1.79. The minimum atomic E-state index is -0.389. The minimum absolute atomic E-state index is 0.140. The van der Waals surface area contributed by atoms with Crippen LogP contribution in [0.5, 0.6) is 11.5 Å². The Labute approximate surface area is 106 Å². The Morgan fingerprint density at radius 3 is 2.56 bits per heavy atom. The lowest BCUT2D eigenvalue weighted by Gasteiger charge is -2.16. The molecule has 1 atom stereocenters. The van der Waals surface area contributed by atoms with Gasteiger partial charge in [0.1, 0.15) is 0 Å². The Morgan fingerprint density at radius 1 is 1.33 bits per heavy atom. The maximum atomic E-state index is 11.9. The molecule has 0 aliphatic heterocycles. The molecule has 100 valence electrons. The fourth-order valence-electron chi connectivity index (χ4n) is 1.52. The van der Waals surface area contributed by atoms with Crippen molar-refractivity contribution in [3.63, 3.8) is 0 Å². The summed E-state index contributed by atoms with van der Waals surface area (Å²) in [6, 6.07) is 4.01. The molecule has 0 aliphatic carbocycles. The molecule has 5 nitrogen and oxygen atoms in total. The highest BCUT2D eigenvalue weighted by Gasteiger charge is 2.11. The van der Waals surface area contributed by atoms with Crippen LogP contribution in [0, 0.1) is 0 Å². The average Bonchev–Trinajstić information content (AvgIpc) is 2.30. The molecule has 0 saturated carbocycles. The third-order valence-electron chi connectivity index (χ3n) is 2.64. The van der Waals surface area contributed by atoms with Gasteiger partial charge < -0.3 is 15.3 Å². The number of carbonyl (C=O) groups is 1. The van der Waals surface area contributed by atoms with Crippen molar-refractivity contribution in [2.45, 2.75) is 19.4 Å². The number of rotatable bonds is 6. The van der Waals surface area contributed by atoms with Crippen molar-refractivity contribution >= 4 is 5.78 Å². The van der Waals surface area contributed by atoms with Gasteiger partial charge in [-0.05, 0) is 38.6 Å². The number of hydrogen-bond acceptors (Lipinski definition) is 5. The zero-order valence-corrected chi connectivity index (χ0v) is 10.6. The molecule has 0 radical (unpaired) electrons. The van der Waals surface area contributed by atoms with Gasteiger partial charge in [0.15, 0.2) is 17.3 Å². The Morgan fingerprint density at radius 2 is 2.00 bits per heavy atom. The molecule has 0 amide bonds. The summed E-state index contributed by atoms with van der Waals surface area (Å²) in [5.74, 6) is -0.681. The van der Waals surface area contributed by atoms with E-state index in [1.165, 1.54) is 18.2 Å². The van der Waals surface area contributed by atoms with Gasteiger partial charge in [-0.3, -0.25) is 9.69 Å². The first-order valence-electron chi connectivity index (χ1n) is 5.82. The summed E-state index contributed by atoms with van der Waals surface area (Å²) >= 11 is 0. The number of likely N-dealkylation sites (N-methyl/N-ethyl adjacent to an activating group) is 1. The van der Waals surface area contributed by atoms with Crippen molar-refractivity contribution in [2.24, 2.45) is 0 Å². The van der Waals surface area contributed by atoms with Crippen molar-refractivity contribution < 1.29 is 20.1 Å². The van der Waals surface area contributed by atoms with Crippen molar-refractivity contribution in [1.29, 1.82) is 0 Å². The van der Waals surface area contributed by atoms with Crippen LogP contribution in [-0.4, -0.2) is 52.2 Å². The van der Waals surface area contributed by atoms with Crippen LogP contribution < -0.4 is 0 Å². The van der Waals surface area contributed by atoms with E-state index in [4.69, 9.17) is 10.2 Å². The van der Waals surface area contributed by atoms with Crippen LogP contribution in [-0.2, 0) is 0 Å². The monoisotopic (exact) mass is 253 g/mol. The molecule has 0 fully saturated rings. The second kappa shape index (κ2) is 6.37. The van der Waals surface area contributed by atoms with E-state index in [2.05, 4.69) is 0 Å². The number of ketones is 1. The van der Waals surface area contributed by atoms with Crippen LogP contribution >= 0.6 is 0 Å². The van der Waals surface area contributed by atoms with Gasteiger partial charge in [0, 0.05) is 12.1 Å². The zero-order chi connectivity index (χ0) is 13.7. The molecule has 0 aliphatic rings. The Bertz CT molecular complexity index is 417. The van der Waals surface area contributed by atoms with Gasteiger partial charge in [0.25, 0.3) is 0 Å². The highest BCUT2D eigenvalue weighted by molar-refractivity contribution is 5.98. The molecule has 0 aromatic heterocycles. The number of aliphatic hydroxyl groups excluding tert-OH is 1. The summed E-state index contributed by atoms with van der Waals surface area (Å²) in [4.78, 5) is 13.7. The van der Waals surface area contributed by atoms with E-state index in [1.807, 2.05) is 0 Å². The molecule has 3 N–H and O–H groups in total. The van der Waals surface area contributed by atoms with Crippen molar-refractivity contribution in [3.05, 3.63) is 23.8 Å². The van der Waals surface area contributed by atoms with Gasteiger partial charge in [-0.15, -0.1) is 0 Å². The SMILES string of the molecule is CC(O)CCN(C)CC(=O)c1ccc(O)c(O)c1. The second-order valence-corrected chi connectivity index (χ2v) is 4.50. The van der Waals surface area contributed by atoms with Crippen LogP contribution in [0.3, 0.4) is 0 Å². The number of benzene rings is 1. The first-order valence-corrected chi connectivity index (χ1v) is 5.82. The third kappa shape index (κ3) is 4.35. The van der Waals surface area contributed by atoms with Crippen molar-refractivity contribution in [1.82, 2.24) is 4.90 Å². The highest BCUT2D eigenvalue weighted by atomic mass is 16.3. The summed E-state index contributed by atoms with van der Waals surface area (Å²) in [5, 5.41) is 27.6. The predicted molar refractivity (Wildman–Crippen MR) is 67.9 cm³/mol. The summed E-state index contributed by atoms with van der Waals surface area (Å²) in [5.41, 5.74) is 0.356. The normalized spacial score (nSPS) is 12.7. The summed E-state index contributed by atoms with van der Waals surface area (Å²) in [6.45, 7) is 2.53. The van der Waals surface area contributed by atoms with Crippen molar-refractivity contribution in [3.8, 4) is 11.5 Å². The molecule has 1 aromatic rings. The van der Waals surface area contributed by atoms with Gasteiger partial charge in [-0.1, -0.05) is 0 Å². The number of carbonyl (C=O) groups excluding carboxylic acids is 1. The number of aromatic hydroxyl groups is 2. The van der Waals surface area contributed by atoms with Crippen LogP contribution in [0.25, 0.3) is 0 Å². The predicted octanol–water partition coefficient (Wildman–Crippen LogP) is 0.983. The maximum absolute atomic E-state index is 11.9. The largest absolute Gasteiger partial charge is 0.504 e. The van der Waals surface area contributed by atoms with Gasteiger partial charge in [-0.2, -0.15) is 0 Å². The van der Waals surface area contributed by atoms with E-state index in [0.29, 0.717) is 18.5 Å². The third-order valence-corrected chi connectivity index (χ3v) is 2.64. The van der Waals surface area contributed by atoms with E-state index in [1.54, 1.807) is 18.9 Å². The summed E-state index contributed by atoms with van der Waals surface area (Å²) in [6.07, 6.45) is 0.213. The van der Waals surface area contributed by atoms with E-state index in [0.717, 1.165) is 0 Å². The molecule has 1 unspecified atom stereocenters. The van der Waals surface area contributed by atoms with Gasteiger partial charge in [0.05, 0.1) is 12.6 Å². The second-order valence-electron chi connectivity index (χ2n) is 4.50. The van der Waals surface area contributed by atoms with E-state index < -0.39 is 0 Å². The first kappa shape index (κ1) is 14.5. The van der Waals surface area contributed by atoms with Crippen LogP contribution in [0.1, 0.15) is 23.7 Å². The lowest BCUT2D eigenvalue weighted by atomic mass is 10.1. The molecule has 1 aromatic carbocycles. The zero-order valence-electron chi connectivity index (χ0n) is 10.6. The Balaban J connectivity index is 2.56. The van der Waals surface area contributed by atoms with Crippen molar-refractivity contribution in [2.75, 3.05) is 20.1 Å². The van der Waals surface area contributed by atoms with Gasteiger partial charge in [-0.25, -0.2) is 0 Å². The molecule has 0 heterocycles. The summed E-state index contributed by atoms with van der Waals surface area (Å²) < 4.78 is 0. The average molecular weight is 253 g/mol. The Kier molecular flexibility index (Phi) is 5.12. The smallest absolute Gasteiger partial charge is 0.176 e. The van der Waals surface area contributed by atoms with Gasteiger partial charge >= 0.3 is 0 Å². The van der Waals surface area contributed by atoms with Crippen LogP contribution in [0.15, 0.2) is 18.2 Å². The number of Topliss-reactive ketones (excluding diaryl/α,β-unsaturated/α-hetero) is 1. The quantitative estimate of drug-likeness (QED) is 0.520. The molecular weight excluding hydrogens is 234 g/mol. The molecule has 0 spiro atoms. The fourth-order valence-corrected chi connectivity index (χ4v) is 1.52. The maximum Gasteiger partial charge on any atom is 0.176 e. The highest BCUT2D eigenvalue weighted by Crippen LogP contribution is 2.25. The first-order chi connectivity index (χ1) is 8.40. The number of hydrogen-bond donors (Lipinski definition) is 3. The lowest BCUT2D eigenvalue weighted by Crippen LogP contribution is -2.28. The number of phenolic OH excluding ortho intramolecular Hbond substituents is 2. The number of phenols is 2. The van der Waals surface area contributed by atoms with Crippen LogP contribution in [0.4, 0.5) is 0 Å². The van der Waals surface area contributed by atoms with Crippen LogP contribution in [0.2, 0.25) is 0 Å². The fraction of sp³-hybridized carbons (Fsp3) is 0.462. The van der Waals surface area contributed by atoms with E-state index in [-0.39, 0.29) is 29.9 Å². The van der Waals surface area contributed by atoms with E-state index in [9.17, 15) is 9.90 Å². The number of aliphatic hydroxyl groups is 1. The standard InChI is InChI=1S/C13H19NO4/c1-9(15)5-6-14(2)8-13(18)10-3-4-11(16)12(17)7-10/h3-4,7,9,15-17H,5-6,8H2,1-2H3. The lowest BCUT2D eigenvalue weighted by molar-refractivity contribution is 0.0931. The molecular formula is C13H19NO4. The molecule has 0 saturated heterocycles. The molecule has 1 rings (SSSR count). The van der Waals surface area contributed by atoms with E-state index >= 15 is 0 Å². The number of nitrogens with zero attached hydrogens (tertiary/aromatic N) is 1. The van der Waals surface area contributed by atoms with Gasteiger partial charge in [0.2, 0.25) is 0 Å². The topological polar surface area (TPSA) is 81.0 Å². The molecule has 18 heavy (non-hydrogen) atoms. The molecule has 0 bridgehead atoms. The minimum Gasteiger partial charge on any atom is -0.504 e. The Hall–Kier alpha value is -1.59. The molecule has 5 heteroatoms.